The highest BCUT2D eigenvalue weighted by Crippen LogP contribution is 2.34. The first-order valence-corrected chi connectivity index (χ1v) is 10.8. The first-order chi connectivity index (χ1) is 16.5. The summed E-state index contributed by atoms with van der Waals surface area (Å²) in [5, 5.41) is 14.8. The van der Waals surface area contributed by atoms with Gasteiger partial charge in [0.05, 0.1) is 17.1 Å². The Kier molecular flexibility index (Phi) is 5.34. The van der Waals surface area contributed by atoms with Crippen LogP contribution in [0.5, 0.6) is 0 Å². The van der Waals surface area contributed by atoms with E-state index in [1.54, 1.807) is 35.3 Å². The Morgan fingerprint density at radius 1 is 1.24 bits per heavy atom. The van der Waals surface area contributed by atoms with E-state index in [2.05, 4.69) is 26.0 Å². The number of nitriles is 1. The lowest BCUT2D eigenvalue weighted by Gasteiger charge is -2.15. The lowest BCUT2D eigenvalue weighted by atomic mass is 9.99. The number of nitrogens with zero attached hydrogens (tertiary/aromatic N) is 7. The maximum Gasteiger partial charge on any atom is 0.164 e. The van der Waals surface area contributed by atoms with E-state index < -0.39 is 0 Å². The van der Waals surface area contributed by atoms with Crippen LogP contribution in [0.1, 0.15) is 37.6 Å². The van der Waals surface area contributed by atoms with E-state index >= 15 is 0 Å². The van der Waals surface area contributed by atoms with Gasteiger partial charge >= 0.3 is 0 Å². The van der Waals surface area contributed by atoms with E-state index in [0.717, 1.165) is 5.56 Å². The van der Waals surface area contributed by atoms with Gasteiger partial charge in [-0.25, -0.2) is 24.0 Å². The number of hydrogen-bond acceptors (Lipinski definition) is 7. The van der Waals surface area contributed by atoms with E-state index in [1.807, 2.05) is 26.0 Å². The van der Waals surface area contributed by atoms with Crippen molar-refractivity contribution >= 4 is 28.3 Å². The molecule has 0 spiro atoms. The number of hydrogen-bond donors (Lipinski definition) is 1. The predicted molar refractivity (Wildman–Crippen MR) is 128 cm³/mol. The minimum Gasteiger partial charge on any atom is -0.383 e. The molecule has 1 aliphatic heterocycles. The number of halogens is 1. The summed E-state index contributed by atoms with van der Waals surface area (Å²) < 4.78 is 16.1. The van der Waals surface area contributed by atoms with E-state index in [-0.39, 0.29) is 23.6 Å². The third-order valence-corrected chi connectivity index (χ3v) is 5.90. The SMILES string of the molecule is CC1C=C(c2nn(C(C)c3cncc(-c4ccccc4F)c3)c3ncnc(N)c23)N=C(C#N)C1. The van der Waals surface area contributed by atoms with Crippen molar-refractivity contribution in [2.45, 2.75) is 26.3 Å². The third-order valence-electron chi connectivity index (χ3n) is 5.90. The first kappa shape index (κ1) is 21.4. The van der Waals surface area contributed by atoms with Crippen molar-refractivity contribution in [2.24, 2.45) is 10.9 Å². The van der Waals surface area contributed by atoms with Crippen LogP contribution >= 0.6 is 0 Å². The molecule has 1 aliphatic rings. The maximum atomic E-state index is 14.4. The zero-order valence-corrected chi connectivity index (χ0v) is 18.6. The van der Waals surface area contributed by atoms with Gasteiger partial charge in [-0.1, -0.05) is 31.2 Å². The summed E-state index contributed by atoms with van der Waals surface area (Å²) in [6.45, 7) is 3.98. The molecule has 8 nitrogen and oxygen atoms in total. The normalized spacial score (nSPS) is 16.6. The summed E-state index contributed by atoms with van der Waals surface area (Å²) in [6.07, 6.45) is 7.30. The van der Waals surface area contributed by atoms with Gasteiger partial charge in [0.15, 0.2) is 5.65 Å². The van der Waals surface area contributed by atoms with Gasteiger partial charge in [0.1, 0.15) is 35.4 Å². The summed E-state index contributed by atoms with van der Waals surface area (Å²) in [7, 11) is 0. The maximum absolute atomic E-state index is 14.4. The van der Waals surface area contributed by atoms with Crippen LogP contribution in [-0.2, 0) is 0 Å². The molecule has 4 heterocycles. The second kappa shape index (κ2) is 8.48. The third kappa shape index (κ3) is 3.69. The Morgan fingerprint density at radius 3 is 2.85 bits per heavy atom. The zero-order chi connectivity index (χ0) is 23.8. The Morgan fingerprint density at radius 2 is 2.06 bits per heavy atom. The molecule has 0 radical (unpaired) electrons. The molecule has 1 aromatic carbocycles. The van der Waals surface area contributed by atoms with Gasteiger partial charge in [-0.3, -0.25) is 4.98 Å². The fourth-order valence-electron chi connectivity index (χ4n) is 4.18. The zero-order valence-electron chi connectivity index (χ0n) is 18.6. The summed E-state index contributed by atoms with van der Waals surface area (Å²) in [5.74, 6) is 0.0998. The van der Waals surface area contributed by atoms with E-state index in [0.29, 0.717) is 45.7 Å². The van der Waals surface area contributed by atoms with Crippen molar-refractivity contribution in [2.75, 3.05) is 5.73 Å². The average Bonchev–Trinajstić information content (AvgIpc) is 3.24. The molecule has 2 unspecified atom stereocenters. The Hall–Kier alpha value is -4.45. The fourth-order valence-corrected chi connectivity index (χ4v) is 4.18. The van der Waals surface area contributed by atoms with Crippen molar-refractivity contribution in [3.63, 3.8) is 0 Å². The number of aromatic nitrogens is 5. The molecule has 0 saturated carbocycles. The van der Waals surface area contributed by atoms with Gasteiger partial charge in [-0.15, -0.1) is 0 Å². The Labute approximate surface area is 195 Å². The summed E-state index contributed by atoms with van der Waals surface area (Å²) >= 11 is 0. The molecule has 0 bridgehead atoms. The number of benzene rings is 1. The number of anilines is 1. The smallest absolute Gasteiger partial charge is 0.164 e. The molecular formula is C25H21FN8. The van der Waals surface area contributed by atoms with Crippen LogP contribution in [0.25, 0.3) is 27.9 Å². The monoisotopic (exact) mass is 452 g/mol. The number of rotatable bonds is 4. The molecule has 34 heavy (non-hydrogen) atoms. The van der Waals surface area contributed by atoms with E-state index in [4.69, 9.17) is 10.8 Å². The number of fused-ring (bicyclic) bond motifs is 1. The summed E-state index contributed by atoms with van der Waals surface area (Å²) in [6, 6.07) is 10.3. The molecule has 2 atom stereocenters. The fraction of sp³-hybridized carbons (Fsp3) is 0.200. The van der Waals surface area contributed by atoms with Crippen molar-refractivity contribution in [3.05, 3.63) is 72.2 Å². The molecule has 2 N–H and O–H groups in total. The molecule has 0 amide bonds. The minimum absolute atomic E-state index is 0.132. The van der Waals surface area contributed by atoms with Crippen LogP contribution in [0.4, 0.5) is 10.2 Å². The molecular weight excluding hydrogens is 431 g/mol. The van der Waals surface area contributed by atoms with Crippen molar-refractivity contribution in [1.82, 2.24) is 24.7 Å². The molecule has 0 saturated heterocycles. The van der Waals surface area contributed by atoms with Crippen LogP contribution in [0.2, 0.25) is 0 Å². The van der Waals surface area contributed by atoms with Gasteiger partial charge in [0.2, 0.25) is 0 Å². The van der Waals surface area contributed by atoms with E-state index in [1.165, 1.54) is 12.4 Å². The summed E-state index contributed by atoms with van der Waals surface area (Å²) in [4.78, 5) is 17.4. The Bertz CT molecular complexity index is 1510. The minimum atomic E-state index is -0.314. The van der Waals surface area contributed by atoms with Crippen LogP contribution in [0.15, 0.2) is 60.1 Å². The predicted octanol–water partition coefficient (Wildman–Crippen LogP) is 4.56. The van der Waals surface area contributed by atoms with Crippen molar-refractivity contribution in [3.8, 4) is 17.2 Å². The highest BCUT2D eigenvalue weighted by molar-refractivity contribution is 6.05. The molecule has 9 heteroatoms. The topological polar surface area (TPSA) is 119 Å². The average molecular weight is 452 g/mol. The second-order valence-corrected chi connectivity index (χ2v) is 8.32. The number of nitrogens with two attached hydrogens (primary N) is 1. The van der Waals surface area contributed by atoms with Crippen LogP contribution in [0.3, 0.4) is 0 Å². The van der Waals surface area contributed by atoms with Crippen LogP contribution in [0, 0.1) is 23.1 Å². The van der Waals surface area contributed by atoms with Gasteiger partial charge in [0, 0.05) is 29.9 Å². The Balaban J connectivity index is 1.64. The first-order valence-electron chi connectivity index (χ1n) is 10.8. The largest absolute Gasteiger partial charge is 0.383 e. The highest BCUT2D eigenvalue weighted by atomic mass is 19.1. The highest BCUT2D eigenvalue weighted by Gasteiger charge is 2.25. The molecule has 5 rings (SSSR count). The van der Waals surface area contributed by atoms with Gasteiger partial charge < -0.3 is 5.73 Å². The molecule has 0 aliphatic carbocycles. The van der Waals surface area contributed by atoms with Gasteiger partial charge in [-0.2, -0.15) is 10.4 Å². The number of allylic oxidation sites excluding steroid dienone is 1. The lowest BCUT2D eigenvalue weighted by molar-refractivity contribution is 0.575. The van der Waals surface area contributed by atoms with Crippen LogP contribution in [-0.4, -0.2) is 30.4 Å². The molecule has 168 valence electrons. The van der Waals surface area contributed by atoms with Crippen LogP contribution < -0.4 is 5.73 Å². The quantitative estimate of drug-likeness (QED) is 0.485. The van der Waals surface area contributed by atoms with E-state index in [9.17, 15) is 9.65 Å². The second-order valence-electron chi connectivity index (χ2n) is 8.32. The van der Waals surface area contributed by atoms with Crippen molar-refractivity contribution in [1.29, 1.82) is 5.26 Å². The number of aliphatic imine (C=N–C) groups is 1. The molecule has 3 aromatic heterocycles. The standard InChI is InChI=1S/C25H21FN8/c1-14-7-18(10-27)32-21(8-14)23-22-24(28)30-13-31-25(22)34(33-23)15(2)16-9-17(12-29-11-16)19-5-3-4-6-20(19)26/h3-6,8-9,11-15H,7H2,1-2H3,(H2,28,30,31). The summed E-state index contributed by atoms with van der Waals surface area (Å²) in [5.41, 5.74) is 10.3. The molecule has 4 aromatic rings. The van der Waals surface area contributed by atoms with Crippen molar-refractivity contribution < 1.29 is 4.39 Å². The van der Waals surface area contributed by atoms with Gasteiger partial charge in [-0.05, 0) is 30.5 Å². The number of nitrogen functional groups attached to an aromatic ring is 1. The molecule has 0 fully saturated rings. The lowest BCUT2D eigenvalue weighted by Crippen LogP contribution is -2.11. The number of pyridine rings is 1. The van der Waals surface area contributed by atoms with Gasteiger partial charge in [0.25, 0.3) is 0 Å².